The van der Waals surface area contributed by atoms with E-state index < -0.39 is 0 Å². The first-order chi connectivity index (χ1) is 12.2. The number of rotatable bonds is 6. The molecule has 1 atom stereocenters. The lowest BCUT2D eigenvalue weighted by Gasteiger charge is -2.30. The van der Waals surface area contributed by atoms with Gasteiger partial charge in [-0.3, -0.25) is 4.79 Å². The van der Waals surface area contributed by atoms with Crippen molar-refractivity contribution in [1.82, 2.24) is 15.2 Å². The van der Waals surface area contributed by atoms with Crippen LogP contribution in [-0.4, -0.2) is 68.3 Å². The Morgan fingerprint density at radius 2 is 2.20 bits per heavy atom. The lowest BCUT2D eigenvalue weighted by molar-refractivity contribution is 0.0948. The Kier molecular flexibility index (Phi) is 6.64. The van der Waals surface area contributed by atoms with Gasteiger partial charge in [-0.1, -0.05) is 6.92 Å². The second kappa shape index (κ2) is 9.15. The first-order valence-electron chi connectivity index (χ1n) is 9.52. The fourth-order valence-electron chi connectivity index (χ4n) is 3.69. The molecule has 1 amide bonds. The molecule has 0 aromatic carbocycles. The SMILES string of the molecule is CC1CCCN(CCCNC(=O)c2cccnc2N2CCOCC2)C1. The summed E-state index contributed by atoms with van der Waals surface area (Å²) in [6.07, 6.45) is 5.38. The molecule has 2 saturated heterocycles. The number of hydrogen-bond donors (Lipinski definition) is 1. The quantitative estimate of drug-likeness (QED) is 0.796. The molecular formula is C19H30N4O2. The average molecular weight is 346 g/mol. The number of aromatic nitrogens is 1. The maximum absolute atomic E-state index is 12.6. The van der Waals surface area contributed by atoms with Crippen molar-refractivity contribution in [3.05, 3.63) is 23.9 Å². The predicted molar refractivity (Wildman–Crippen MR) is 99.1 cm³/mol. The molecule has 0 bridgehead atoms. The molecule has 138 valence electrons. The molecule has 0 radical (unpaired) electrons. The number of nitrogens with zero attached hydrogens (tertiary/aromatic N) is 3. The van der Waals surface area contributed by atoms with Gasteiger partial charge in [0.2, 0.25) is 0 Å². The summed E-state index contributed by atoms with van der Waals surface area (Å²) in [4.78, 5) is 21.7. The van der Waals surface area contributed by atoms with Gasteiger partial charge in [0.15, 0.2) is 0 Å². The molecule has 1 aromatic heterocycles. The van der Waals surface area contributed by atoms with Crippen LogP contribution >= 0.6 is 0 Å². The summed E-state index contributed by atoms with van der Waals surface area (Å²) in [7, 11) is 0. The van der Waals surface area contributed by atoms with Crippen molar-refractivity contribution < 1.29 is 9.53 Å². The molecule has 2 aliphatic rings. The molecule has 0 spiro atoms. The first kappa shape index (κ1) is 18.1. The molecule has 25 heavy (non-hydrogen) atoms. The number of amides is 1. The zero-order valence-electron chi connectivity index (χ0n) is 15.2. The number of carbonyl (C=O) groups excluding carboxylic acids is 1. The van der Waals surface area contributed by atoms with Gasteiger partial charge in [-0.25, -0.2) is 4.98 Å². The minimum atomic E-state index is -0.0263. The molecule has 2 fully saturated rings. The van der Waals surface area contributed by atoms with Crippen LogP contribution in [-0.2, 0) is 4.74 Å². The summed E-state index contributed by atoms with van der Waals surface area (Å²) in [5, 5.41) is 3.07. The van der Waals surface area contributed by atoms with Crippen molar-refractivity contribution in [2.75, 3.05) is 57.4 Å². The second-order valence-corrected chi connectivity index (χ2v) is 7.13. The Bertz CT molecular complexity index is 560. The third-order valence-corrected chi connectivity index (χ3v) is 5.02. The summed E-state index contributed by atoms with van der Waals surface area (Å²) in [6, 6.07) is 3.69. The first-order valence-corrected chi connectivity index (χ1v) is 9.52. The van der Waals surface area contributed by atoms with Crippen molar-refractivity contribution in [3.8, 4) is 0 Å². The Morgan fingerprint density at radius 1 is 1.36 bits per heavy atom. The summed E-state index contributed by atoms with van der Waals surface area (Å²) in [6.45, 7) is 9.42. The van der Waals surface area contributed by atoms with Crippen LogP contribution in [0.4, 0.5) is 5.82 Å². The summed E-state index contributed by atoms with van der Waals surface area (Å²) >= 11 is 0. The van der Waals surface area contributed by atoms with Gasteiger partial charge in [0.1, 0.15) is 5.82 Å². The third kappa shape index (κ3) is 5.16. The van der Waals surface area contributed by atoms with Gasteiger partial charge in [0.05, 0.1) is 18.8 Å². The summed E-state index contributed by atoms with van der Waals surface area (Å²) in [5.41, 5.74) is 0.663. The number of piperidine rings is 1. The van der Waals surface area contributed by atoms with Crippen LogP contribution in [0.5, 0.6) is 0 Å². The molecule has 2 aliphatic heterocycles. The highest BCUT2D eigenvalue weighted by molar-refractivity contribution is 5.98. The summed E-state index contributed by atoms with van der Waals surface area (Å²) in [5.74, 6) is 1.55. The number of anilines is 1. The van der Waals surface area contributed by atoms with Crippen LogP contribution < -0.4 is 10.2 Å². The standard InChI is InChI=1S/C19H30N4O2/c1-16-5-3-9-22(15-16)10-4-8-21-19(24)17-6-2-7-20-18(17)23-11-13-25-14-12-23/h2,6-7,16H,3-5,8-15H2,1H3,(H,21,24). The smallest absolute Gasteiger partial charge is 0.255 e. The normalized spacial score (nSPS) is 22.0. The van der Waals surface area contributed by atoms with Crippen molar-refractivity contribution in [3.63, 3.8) is 0 Å². The highest BCUT2D eigenvalue weighted by atomic mass is 16.5. The number of likely N-dealkylation sites (tertiary alicyclic amines) is 1. The zero-order valence-corrected chi connectivity index (χ0v) is 15.2. The van der Waals surface area contributed by atoms with Crippen LogP contribution in [0, 0.1) is 5.92 Å². The maximum atomic E-state index is 12.6. The molecule has 3 rings (SSSR count). The van der Waals surface area contributed by atoms with Crippen molar-refractivity contribution in [1.29, 1.82) is 0 Å². The third-order valence-electron chi connectivity index (χ3n) is 5.02. The van der Waals surface area contributed by atoms with E-state index in [2.05, 4.69) is 27.0 Å². The molecular weight excluding hydrogens is 316 g/mol. The van der Waals surface area contributed by atoms with Gasteiger partial charge in [0.25, 0.3) is 5.91 Å². The number of nitrogens with one attached hydrogen (secondary N) is 1. The van der Waals surface area contributed by atoms with Crippen LogP contribution in [0.1, 0.15) is 36.5 Å². The molecule has 1 unspecified atom stereocenters. The lowest BCUT2D eigenvalue weighted by atomic mass is 10.0. The monoisotopic (exact) mass is 346 g/mol. The van der Waals surface area contributed by atoms with Gasteiger partial charge in [-0.05, 0) is 50.4 Å². The van der Waals surface area contributed by atoms with E-state index in [1.807, 2.05) is 12.1 Å². The topological polar surface area (TPSA) is 57.7 Å². The fourth-order valence-corrected chi connectivity index (χ4v) is 3.69. The number of hydrogen-bond acceptors (Lipinski definition) is 5. The second-order valence-electron chi connectivity index (χ2n) is 7.13. The van der Waals surface area contributed by atoms with E-state index in [0.717, 1.165) is 37.8 Å². The minimum absolute atomic E-state index is 0.0263. The zero-order chi connectivity index (χ0) is 17.5. The van der Waals surface area contributed by atoms with E-state index >= 15 is 0 Å². The largest absolute Gasteiger partial charge is 0.378 e. The maximum Gasteiger partial charge on any atom is 0.255 e. The van der Waals surface area contributed by atoms with E-state index in [4.69, 9.17) is 4.74 Å². The van der Waals surface area contributed by atoms with Crippen molar-refractivity contribution >= 4 is 11.7 Å². The minimum Gasteiger partial charge on any atom is -0.378 e. The molecule has 6 nitrogen and oxygen atoms in total. The van der Waals surface area contributed by atoms with E-state index in [9.17, 15) is 4.79 Å². The number of pyridine rings is 1. The molecule has 3 heterocycles. The Hall–Kier alpha value is -1.66. The van der Waals surface area contributed by atoms with E-state index in [-0.39, 0.29) is 5.91 Å². The average Bonchev–Trinajstić information content (AvgIpc) is 2.66. The van der Waals surface area contributed by atoms with Crippen LogP contribution in [0.25, 0.3) is 0 Å². The number of ether oxygens (including phenoxy) is 1. The van der Waals surface area contributed by atoms with Crippen LogP contribution in [0.15, 0.2) is 18.3 Å². The van der Waals surface area contributed by atoms with Gasteiger partial charge in [0, 0.05) is 32.4 Å². The highest BCUT2D eigenvalue weighted by Gasteiger charge is 2.20. The van der Waals surface area contributed by atoms with Crippen molar-refractivity contribution in [2.24, 2.45) is 5.92 Å². The van der Waals surface area contributed by atoms with Crippen molar-refractivity contribution in [2.45, 2.75) is 26.2 Å². The van der Waals surface area contributed by atoms with E-state index in [1.165, 1.54) is 25.9 Å². The van der Waals surface area contributed by atoms with Gasteiger partial charge in [-0.2, -0.15) is 0 Å². The molecule has 0 saturated carbocycles. The van der Waals surface area contributed by atoms with E-state index in [0.29, 0.717) is 25.3 Å². The van der Waals surface area contributed by atoms with Gasteiger partial charge >= 0.3 is 0 Å². The Morgan fingerprint density at radius 3 is 3.00 bits per heavy atom. The van der Waals surface area contributed by atoms with Gasteiger partial charge < -0.3 is 19.9 Å². The predicted octanol–water partition coefficient (Wildman–Crippen LogP) is 1.77. The summed E-state index contributed by atoms with van der Waals surface area (Å²) < 4.78 is 5.39. The number of carbonyl (C=O) groups is 1. The molecule has 1 N–H and O–H groups in total. The molecule has 6 heteroatoms. The van der Waals surface area contributed by atoms with Gasteiger partial charge in [-0.15, -0.1) is 0 Å². The van der Waals surface area contributed by atoms with E-state index in [1.54, 1.807) is 6.20 Å². The Labute approximate surface area is 150 Å². The van der Waals surface area contributed by atoms with Crippen LogP contribution in [0.3, 0.4) is 0 Å². The highest BCUT2D eigenvalue weighted by Crippen LogP contribution is 2.18. The fraction of sp³-hybridized carbons (Fsp3) is 0.684. The lowest BCUT2D eigenvalue weighted by Crippen LogP contribution is -2.39. The number of morpholine rings is 1. The molecule has 0 aliphatic carbocycles. The molecule has 1 aromatic rings. The Balaban J connectivity index is 1.48. The van der Waals surface area contributed by atoms with Crippen LogP contribution in [0.2, 0.25) is 0 Å².